The first-order valence-corrected chi connectivity index (χ1v) is 6.08. The molecular formula is C13H14N4O3. The van der Waals surface area contributed by atoms with Gasteiger partial charge in [0.25, 0.3) is 5.91 Å². The Labute approximate surface area is 115 Å². The van der Waals surface area contributed by atoms with E-state index in [9.17, 15) is 4.79 Å². The van der Waals surface area contributed by atoms with E-state index < -0.39 is 12.0 Å². The van der Waals surface area contributed by atoms with Gasteiger partial charge in [0.05, 0.1) is 0 Å². The third kappa shape index (κ3) is 1.83. The van der Waals surface area contributed by atoms with Crippen molar-refractivity contribution in [3.8, 4) is 11.5 Å². The van der Waals surface area contributed by atoms with Gasteiger partial charge in [-0.15, -0.1) is 0 Å². The SMILES string of the molecule is Cn1nc(C2COc3ccccc3O2)c(C(N)=O)c1N. The number of ether oxygens (including phenoxy) is 2. The lowest BCUT2D eigenvalue weighted by atomic mass is 10.1. The first-order chi connectivity index (χ1) is 9.58. The fourth-order valence-corrected chi connectivity index (χ4v) is 2.19. The summed E-state index contributed by atoms with van der Waals surface area (Å²) >= 11 is 0. The molecular weight excluding hydrogens is 260 g/mol. The van der Waals surface area contributed by atoms with Crippen LogP contribution in [-0.4, -0.2) is 22.3 Å². The second kappa shape index (κ2) is 4.44. The largest absolute Gasteiger partial charge is 0.485 e. The number of carbonyl (C=O) groups is 1. The number of aromatic nitrogens is 2. The van der Waals surface area contributed by atoms with Crippen molar-refractivity contribution in [1.29, 1.82) is 0 Å². The fourth-order valence-electron chi connectivity index (χ4n) is 2.19. The number of primary amides is 1. The molecule has 2 heterocycles. The summed E-state index contributed by atoms with van der Waals surface area (Å²) in [7, 11) is 1.64. The highest BCUT2D eigenvalue weighted by atomic mass is 16.6. The summed E-state index contributed by atoms with van der Waals surface area (Å²) < 4.78 is 12.8. The number of nitrogens with two attached hydrogens (primary N) is 2. The van der Waals surface area contributed by atoms with Gasteiger partial charge in [0.15, 0.2) is 17.6 Å². The van der Waals surface area contributed by atoms with E-state index in [-0.39, 0.29) is 18.0 Å². The molecule has 0 bridgehead atoms. The Morgan fingerprint density at radius 3 is 2.80 bits per heavy atom. The lowest BCUT2D eigenvalue weighted by molar-refractivity contribution is 0.0852. The van der Waals surface area contributed by atoms with E-state index in [0.717, 1.165) is 0 Å². The Balaban J connectivity index is 2.00. The van der Waals surface area contributed by atoms with E-state index in [1.54, 1.807) is 13.1 Å². The summed E-state index contributed by atoms with van der Waals surface area (Å²) in [5.41, 5.74) is 11.7. The average Bonchev–Trinajstić information content (AvgIpc) is 2.74. The van der Waals surface area contributed by atoms with Crippen LogP contribution in [0.2, 0.25) is 0 Å². The van der Waals surface area contributed by atoms with Crippen LogP contribution in [0.15, 0.2) is 24.3 Å². The molecule has 0 aliphatic carbocycles. The summed E-state index contributed by atoms with van der Waals surface area (Å²) in [6, 6.07) is 7.30. The normalized spacial score (nSPS) is 16.9. The predicted molar refractivity (Wildman–Crippen MR) is 71.4 cm³/mol. The van der Waals surface area contributed by atoms with Crippen molar-refractivity contribution in [3.05, 3.63) is 35.5 Å². The van der Waals surface area contributed by atoms with Crippen LogP contribution in [0.3, 0.4) is 0 Å². The quantitative estimate of drug-likeness (QED) is 0.834. The maximum Gasteiger partial charge on any atom is 0.254 e. The topological polar surface area (TPSA) is 105 Å². The first kappa shape index (κ1) is 12.3. The van der Waals surface area contributed by atoms with E-state index in [4.69, 9.17) is 20.9 Å². The molecule has 7 heteroatoms. The molecule has 1 atom stereocenters. The molecule has 0 fully saturated rings. The maximum atomic E-state index is 11.5. The Morgan fingerprint density at radius 1 is 1.40 bits per heavy atom. The highest BCUT2D eigenvalue weighted by molar-refractivity contribution is 5.98. The minimum absolute atomic E-state index is 0.181. The van der Waals surface area contributed by atoms with Crippen molar-refractivity contribution < 1.29 is 14.3 Å². The van der Waals surface area contributed by atoms with Gasteiger partial charge in [0.1, 0.15) is 23.7 Å². The monoisotopic (exact) mass is 274 g/mol. The zero-order valence-corrected chi connectivity index (χ0v) is 10.9. The lowest BCUT2D eigenvalue weighted by Crippen LogP contribution is -2.25. The summed E-state index contributed by atoms with van der Waals surface area (Å²) in [6.45, 7) is 0.244. The lowest BCUT2D eigenvalue weighted by Gasteiger charge is -2.25. The molecule has 1 aliphatic rings. The Morgan fingerprint density at radius 2 is 2.10 bits per heavy atom. The van der Waals surface area contributed by atoms with Gasteiger partial charge < -0.3 is 20.9 Å². The molecule has 1 unspecified atom stereocenters. The smallest absolute Gasteiger partial charge is 0.254 e. The second-order valence-electron chi connectivity index (χ2n) is 4.50. The number of carbonyl (C=O) groups excluding carboxylic acids is 1. The van der Waals surface area contributed by atoms with Crippen LogP contribution >= 0.6 is 0 Å². The number of rotatable bonds is 2. The first-order valence-electron chi connectivity index (χ1n) is 6.08. The van der Waals surface area contributed by atoms with E-state index in [0.29, 0.717) is 17.2 Å². The van der Waals surface area contributed by atoms with Crippen LogP contribution in [0.4, 0.5) is 5.82 Å². The Hall–Kier alpha value is -2.70. The maximum absolute atomic E-state index is 11.5. The van der Waals surface area contributed by atoms with Gasteiger partial charge in [-0.1, -0.05) is 12.1 Å². The molecule has 1 amide bonds. The number of anilines is 1. The summed E-state index contributed by atoms with van der Waals surface area (Å²) in [5.74, 6) is 0.847. The van der Waals surface area contributed by atoms with E-state index in [2.05, 4.69) is 5.10 Å². The van der Waals surface area contributed by atoms with Crippen molar-refractivity contribution in [2.75, 3.05) is 12.3 Å². The molecule has 1 aromatic heterocycles. The van der Waals surface area contributed by atoms with Gasteiger partial charge in [-0.2, -0.15) is 5.10 Å². The third-order valence-electron chi connectivity index (χ3n) is 3.18. The second-order valence-corrected chi connectivity index (χ2v) is 4.50. The van der Waals surface area contributed by atoms with Crippen LogP contribution in [0.1, 0.15) is 22.2 Å². The highest BCUT2D eigenvalue weighted by Crippen LogP contribution is 2.36. The molecule has 3 rings (SSSR count). The number of benzene rings is 1. The molecule has 0 saturated heterocycles. The number of aryl methyl sites for hydroxylation is 1. The van der Waals surface area contributed by atoms with Crippen molar-refractivity contribution in [1.82, 2.24) is 9.78 Å². The standard InChI is InChI=1S/C13H14N4O3/c1-17-12(14)10(13(15)18)11(16-17)9-6-19-7-4-2-3-5-8(7)20-9/h2-5,9H,6,14H2,1H3,(H2,15,18). The molecule has 104 valence electrons. The molecule has 20 heavy (non-hydrogen) atoms. The van der Waals surface area contributed by atoms with Crippen molar-refractivity contribution in [2.24, 2.45) is 12.8 Å². The van der Waals surface area contributed by atoms with Gasteiger partial charge in [-0.25, -0.2) is 0 Å². The van der Waals surface area contributed by atoms with Gasteiger partial charge >= 0.3 is 0 Å². The predicted octanol–water partition coefficient (Wildman–Crippen LogP) is 0.614. The van der Waals surface area contributed by atoms with Gasteiger partial charge in [0.2, 0.25) is 0 Å². The zero-order chi connectivity index (χ0) is 14.3. The van der Waals surface area contributed by atoms with Crippen LogP contribution < -0.4 is 20.9 Å². The van der Waals surface area contributed by atoms with Crippen LogP contribution in [0.5, 0.6) is 11.5 Å². The van der Waals surface area contributed by atoms with Crippen molar-refractivity contribution in [3.63, 3.8) is 0 Å². The minimum Gasteiger partial charge on any atom is -0.485 e. The van der Waals surface area contributed by atoms with Crippen molar-refractivity contribution in [2.45, 2.75) is 6.10 Å². The number of hydrogen-bond acceptors (Lipinski definition) is 5. The molecule has 1 aromatic carbocycles. The van der Waals surface area contributed by atoms with Crippen LogP contribution in [-0.2, 0) is 7.05 Å². The summed E-state index contributed by atoms with van der Waals surface area (Å²) in [5, 5.41) is 4.21. The zero-order valence-electron chi connectivity index (χ0n) is 10.9. The third-order valence-corrected chi connectivity index (χ3v) is 3.18. The highest BCUT2D eigenvalue weighted by Gasteiger charge is 2.30. The fraction of sp³-hybridized carbons (Fsp3) is 0.231. The van der Waals surface area contributed by atoms with Crippen LogP contribution in [0.25, 0.3) is 0 Å². The molecule has 4 N–H and O–H groups in total. The molecule has 0 saturated carbocycles. The molecule has 0 radical (unpaired) electrons. The molecule has 1 aliphatic heterocycles. The average molecular weight is 274 g/mol. The van der Waals surface area contributed by atoms with Gasteiger partial charge in [-0.3, -0.25) is 9.48 Å². The number of fused-ring (bicyclic) bond motifs is 1. The number of hydrogen-bond donors (Lipinski definition) is 2. The van der Waals surface area contributed by atoms with Crippen LogP contribution in [0, 0.1) is 0 Å². The van der Waals surface area contributed by atoms with E-state index in [1.807, 2.05) is 18.2 Å². The van der Waals surface area contributed by atoms with E-state index in [1.165, 1.54) is 4.68 Å². The minimum atomic E-state index is -0.631. The number of nitrogens with zero attached hydrogens (tertiary/aromatic N) is 2. The Bertz CT molecular complexity index is 680. The molecule has 0 spiro atoms. The van der Waals surface area contributed by atoms with Gasteiger partial charge in [-0.05, 0) is 12.1 Å². The number of amides is 1. The summed E-state index contributed by atoms with van der Waals surface area (Å²) in [6.07, 6.45) is -0.518. The van der Waals surface area contributed by atoms with Crippen molar-refractivity contribution >= 4 is 11.7 Å². The summed E-state index contributed by atoms with van der Waals surface area (Å²) in [4.78, 5) is 11.5. The Kier molecular flexibility index (Phi) is 2.74. The number of para-hydroxylation sites is 2. The molecule has 2 aromatic rings. The van der Waals surface area contributed by atoms with Gasteiger partial charge in [0, 0.05) is 7.05 Å². The molecule has 7 nitrogen and oxygen atoms in total. The number of nitrogen functional groups attached to an aromatic ring is 1. The van der Waals surface area contributed by atoms with E-state index >= 15 is 0 Å².